The van der Waals surface area contributed by atoms with Gasteiger partial charge in [-0.3, -0.25) is 10.1 Å². The lowest BCUT2D eigenvalue weighted by atomic mass is 10.3. The summed E-state index contributed by atoms with van der Waals surface area (Å²) < 4.78 is 18.3. The number of carbonyl (C=O) groups excluding carboxylic acids is 1. The van der Waals surface area contributed by atoms with E-state index >= 15 is 0 Å². The quantitative estimate of drug-likeness (QED) is 0.487. The molecule has 2 heterocycles. The zero-order chi connectivity index (χ0) is 20.6. The van der Waals surface area contributed by atoms with E-state index in [4.69, 9.17) is 4.74 Å². The maximum absolute atomic E-state index is 13.2. The van der Waals surface area contributed by atoms with Crippen LogP contribution in [0.3, 0.4) is 0 Å². The molecule has 0 fully saturated rings. The van der Waals surface area contributed by atoms with E-state index in [0.29, 0.717) is 29.3 Å². The summed E-state index contributed by atoms with van der Waals surface area (Å²) in [6.07, 6.45) is 3.10. The highest BCUT2D eigenvalue weighted by atomic mass is 32.1. The third-order valence-corrected chi connectivity index (χ3v) is 4.49. The number of halogens is 1. The molecule has 152 valence electrons. The molecule has 0 bridgehead atoms. The van der Waals surface area contributed by atoms with Crippen LogP contribution < -0.4 is 16.0 Å². The number of amides is 1. The van der Waals surface area contributed by atoms with Crippen LogP contribution in [0.25, 0.3) is 0 Å². The van der Waals surface area contributed by atoms with Gasteiger partial charge in [0.25, 0.3) is 0 Å². The van der Waals surface area contributed by atoms with Crippen molar-refractivity contribution in [2.75, 3.05) is 29.7 Å². The molecule has 3 rings (SSSR count). The SMILES string of the molecule is COCC(C)Nc1ncnc(Nc2ncc(CC(=O)Nc3cccc(F)c3)s2)n1. The molecular weight excluding hydrogens is 397 g/mol. The summed E-state index contributed by atoms with van der Waals surface area (Å²) in [7, 11) is 1.62. The van der Waals surface area contributed by atoms with Crippen molar-refractivity contribution in [1.82, 2.24) is 19.9 Å². The van der Waals surface area contributed by atoms with Gasteiger partial charge < -0.3 is 15.4 Å². The van der Waals surface area contributed by atoms with E-state index in [1.165, 1.54) is 35.9 Å². The predicted molar refractivity (Wildman–Crippen MR) is 109 cm³/mol. The number of anilines is 4. The molecule has 3 aromatic rings. The van der Waals surface area contributed by atoms with Gasteiger partial charge in [-0.15, -0.1) is 11.3 Å². The minimum absolute atomic E-state index is 0.0401. The number of methoxy groups -OCH3 is 1. The molecular formula is C18H20FN7O2S. The first-order valence-electron chi connectivity index (χ1n) is 8.73. The molecule has 0 aliphatic carbocycles. The molecule has 1 aromatic carbocycles. The van der Waals surface area contributed by atoms with Crippen molar-refractivity contribution in [2.24, 2.45) is 0 Å². The van der Waals surface area contributed by atoms with Gasteiger partial charge in [-0.25, -0.2) is 19.3 Å². The lowest BCUT2D eigenvalue weighted by molar-refractivity contribution is -0.115. The Labute approximate surface area is 170 Å². The van der Waals surface area contributed by atoms with E-state index in [-0.39, 0.29) is 18.4 Å². The molecule has 1 atom stereocenters. The Morgan fingerprint density at radius 2 is 2.10 bits per heavy atom. The minimum atomic E-state index is -0.407. The highest BCUT2D eigenvalue weighted by molar-refractivity contribution is 7.15. The number of thiazole rings is 1. The molecule has 0 aliphatic heterocycles. The first kappa shape index (κ1) is 20.6. The molecule has 0 radical (unpaired) electrons. The van der Waals surface area contributed by atoms with Crippen LogP contribution in [0.1, 0.15) is 11.8 Å². The number of hydrogen-bond donors (Lipinski definition) is 3. The van der Waals surface area contributed by atoms with Gasteiger partial charge in [0.1, 0.15) is 12.1 Å². The average Bonchev–Trinajstić information content (AvgIpc) is 3.08. The Balaban J connectivity index is 1.57. The van der Waals surface area contributed by atoms with Crippen LogP contribution in [0.2, 0.25) is 0 Å². The summed E-state index contributed by atoms with van der Waals surface area (Å²) in [6, 6.07) is 5.78. The van der Waals surface area contributed by atoms with Gasteiger partial charge in [0.05, 0.1) is 13.0 Å². The smallest absolute Gasteiger partial charge is 0.233 e. The lowest BCUT2D eigenvalue weighted by Gasteiger charge is -2.12. The summed E-state index contributed by atoms with van der Waals surface area (Å²) in [4.78, 5) is 29.5. The number of aromatic nitrogens is 4. The zero-order valence-electron chi connectivity index (χ0n) is 15.8. The second-order valence-corrected chi connectivity index (χ2v) is 7.24. The number of nitrogens with zero attached hydrogens (tertiary/aromatic N) is 4. The van der Waals surface area contributed by atoms with Crippen molar-refractivity contribution in [3.63, 3.8) is 0 Å². The van der Waals surface area contributed by atoms with E-state index in [1.54, 1.807) is 19.4 Å². The minimum Gasteiger partial charge on any atom is -0.383 e. The predicted octanol–water partition coefficient (Wildman–Crippen LogP) is 2.84. The summed E-state index contributed by atoms with van der Waals surface area (Å²) in [5.74, 6) is 0.0787. The summed E-state index contributed by atoms with van der Waals surface area (Å²) in [6.45, 7) is 2.46. The Bertz CT molecular complexity index is 969. The molecule has 0 spiro atoms. The fourth-order valence-corrected chi connectivity index (χ4v) is 3.22. The average molecular weight is 417 g/mol. The highest BCUT2D eigenvalue weighted by Crippen LogP contribution is 2.22. The number of rotatable bonds is 9. The number of carbonyl (C=O) groups is 1. The Morgan fingerprint density at radius 1 is 1.28 bits per heavy atom. The third-order valence-electron chi connectivity index (χ3n) is 3.58. The zero-order valence-corrected chi connectivity index (χ0v) is 16.7. The van der Waals surface area contributed by atoms with Crippen LogP contribution in [-0.4, -0.2) is 45.6 Å². The van der Waals surface area contributed by atoms with Crippen LogP contribution in [0.4, 0.5) is 27.1 Å². The van der Waals surface area contributed by atoms with E-state index in [9.17, 15) is 9.18 Å². The number of nitrogens with one attached hydrogen (secondary N) is 3. The highest BCUT2D eigenvalue weighted by Gasteiger charge is 2.11. The van der Waals surface area contributed by atoms with Crippen LogP contribution in [0, 0.1) is 5.82 Å². The first-order chi connectivity index (χ1) is 14.0. The van der Waals surface area contributed by atoms with Crippen LogP contribution in [-0.2, 0) is 16.0 Å². The van der Waals surface area contributed by atoms with Crippen molar-refractivity contribution in [2.45, 2.75) is 19.4 Å². The van der Waals surface area contributed by atoms with Crippen molar-refractivity contribution in [3.8, 4) is 0 Å². The fraction of sp³-hybridized carbons (Fsp3) is 0.278. The third kappa shape index (κ3) is 6.43. The van der Waals surface area contributed by atoms with E-state index in [1.807, 2.05) is 6.92 Å². The first-order valence-corrected chi connectivity index (χ1v) is 9.55. The normalized spacial score (nSPS) is 11.7. The number of benzene rings is 1. The maximum atomic E-state index is 13.2. The van der Waals surface area contributed by atoms with Gasteiger partial charge in [-0.1, -0.05) is 6.07 Å². The fourth-order valence-electron chi connectivity index (χ4n) is 2.41. The number of ether oxygens (including phenoxy) is 1. The molecule has 29 heavy (non-hydrogen) atoms. The molecule has 11 heteroatoms. The largest absolute Gasteiger partial charge is 0.383 e. The van der Waals surface area contributed by atoms with E-state index in [0.717, 1.165) is 4.88 Å². The van der Waals surface area contributed by atoms with Crippen molar-refractivity contribution < 1.29 is 13.9 Å². The standard InChI is InChI=1S/C18H20FN7O2S/c1-11(9-28-2)23-16-21-10-22-17(25-16)26-18-20-8-14(29-18)7-15(27)24-13-5-3-4-12(19)6-13/h3-6,8,10-11H,7,9H2,1-2H3,(H,24,27)(H2,20,21,22,23,25,26). The van der Waals surface area contributed by atoms with Crippen molar-refractivity contribution in [3.05, 3.63) is 47.5 Å². The molecule has 0 saturated heterocycles. The lowest BCUT2D eigenvalue weighted by Crippen LogP contribution is -2.22. The molecule has 1 amide bonds. The van der Waals surface area contributed by atoms with Crippen molar-refractivity contribution >= 4 is 40.0 Å². The Hall–Kier alpha value is -3.18. The maximum Gasteiger partial charge on any atom is 0.233 e. The second kappa shape index (κ2) is 9.85. The van der Waals surface area contributed by atoms with Crippen LogP contribution >= 0.6 is 11.3 Å². The molecule has 2 aromatic heterocycles. The molecule has 0 saturated carbocycles. The number of hydrogen-bond acceptors (Lipinski definition) is 9. The van der Waals surface area contributed by atoms with E-state index < -0.39 is 5.82 Å². The second-order valence-electron chi connectivity index (χ2n) is 6.13. The topological polar surface area (TPSA) is 114 Å². The molecule has 3 N–H and O–H groups in total. The Morgan fingerprint density at radius 3 is 2.90 bits per heavy atom. The molecule has 9 nitrogen and oxygen atoms in total. The van der Waals surface area contributed by atoms with Gasteiger partial charge >= 0.3 is 0 Å². The summed E-state index contributed by atoms with van der Waals surface area (Å²) in [5, 5.41) is 9.29. The van der Waals surface area contributed by atoms with Gasteiger partial charge in [-0.2, -0.15) is 4.98 Å². The van der Waals surface area contributed by atoms with Crippen molar-refractivity contribution in [1.29, 1.82) is 0 Å². The van der Waals surface area contributed by atoms with E-state index in [2.05, 4.69) is 35.9 Å². The van der Waals surface area contributed by atoms with Gasteiger partial charge in [-0.05, 0) is 25.1 Å². The van der Waals surface area contributed by atoms with Gasteiger partial charge in [0, 0.05) is 29.9 Å². The van der Waals surface area contributed by atoms with Crippen LogP contribution in [0.5, 0.6) is 0 Å². The Kier molecular flexibility index (Phi) is 6.98. The van der Waals surface area contributed by atoms with Crippen LogP contribution in [0.15, 0.2) is 36.8 Å². The monoisotopic (exact) mass is 417 g/mol. The molecule has 0 aliphatic rings. The summed E-state index contributed by atoms with van der Waals surface area (Å²) >= 11 is 1.30. The van der Waals surface area contributed by atoms with Gasteiger partial charge in [0.15, 0.2) is 5.13 Å². The molecule has 1 unspecified atom stereocenters. The van der Waals surface area contributed by atoms with Gasteiger partial charge in [0.2, 0.25) is 17.8 Å². The summed E-state index contributed by atoms with van der Waals surface area (Å²) in [5.41, 5.74) is 0.408.